The van der Waals surface area contributed by atoms with Gasteiger partial charge in [0.15, 0.2) is 0 Å². The zero-order chi connectivity index (χ0) is 8.48. The van der Waals surface area contributed by atoms with Crippen LogP contribution in [0.4, 0.5) is 0 Å². The van der Waals surface area contributed by atoms with Crippen LogP contribution in [0.5, 0.6) is 0 Å². The van der Waals surface area contributed by atoms with Gasteiger partial charge in [0.2, 0.25) is 0 Å². The molecule has 0 saturated carbocycles. The summed E-state index contributed by atoms with van der Waals surface area (Å²) in [6, 6.07) is -0.0116. The molecule has 0 aromatic carbocycles. The molecule has 1 rings (SSSR count). The van der Waals surface area contributed by atoms with E-state index >= 15 is 0 Å². The molecule has 1 fully saturated rings. The molecule has 1 saturated heterocycles. The van der Waals surface area contributed by atoms with Crippen molar-refractivity contribution >= 4 is 0 Å². The van der Waals surface area contributed by atoms with Crippen LogP contribution in [0.15, 0.2) is 12.7 Å². The predicted molar refractivity (Wildman–Crippen MR) is 43.2 cm³/mol. The Kier molecular flexibility index (Phi) is 2.32. The summed E-state index contributed by atoms with van der Waals surface area (Å²) in [5.74, 6) is 0. The quantitative estimate of drug-likeness (QED) is 0.565. The van der Waals surface area contributed by atoms with E-state index in [1.807, 2.05) is 13.8 Å². The van der Waals surface area contributed by atoms with Crippen molar-refractivity contribution in [1.29, 1.82) is 0 Å². The summed E-state index contributed by atoms with van der Waals surface area (Å²) < 4.78 is 5.36. The third-order valence-electron chi connectivity index (χ3n) is 1.81. The van der Waals surface area contributed by atoms with Crippen LogP contribution in [0.1, 0.15) is 13.8 Å². The van der Waals surface area contributed by atoms with Crippen molar-refractivity contribution in [2.75, 3.05) is 6.61 Å². The average molecular weight is 157 g/mol. The Bertz CT molecular complexity index is 156. The van der Waals surface area contributed by atoms with E-state index < -0.39 is 6.10 Å². The van der Waals surface area contributed by atoms with Gasteiger partial charge in [0.1, 0.15) is 5.72 Å². The van der Waals surface area contributed by atoms with Crippen LogP contribution in [0.2, 0.25) is 0 Å². The molecule has 0 radical (unpaired) electrons. The minimum atomic E-state index is -0.517. The van der Waals surface area contributed by atoms with Crippen molar-refractivity contribution in [2.45, 2.75) is 31.7 Å². The third kappa shape index (κ3) is 2.02. The largest absolute Gasteiger partial charge is 0.387 e. The maximum atomic E-state index is 9.33. The first-order chi connectivity index (χ1) is 5.05. The number of hydrogen-bond acceptors (Lipinski definition) is 3. The first-order valence-electron chi connectivity index (χ1n) is 3.77. The van der Waals surface area contributed by atoms with E-state index in [1.54, 1.807) is 0 Å². The summed E-state index contributed by atoms with van der Waals surface area (Å²) >= 11 is 0. The van der Waals surface area contributed by atoms with Crippen molar-refractivity contribution in [2.24, 2.45) is 0 Å². The van der Waals surface area contributed by atoms with Crippen LogP contribution in [-0.2, 0) is 4.74 Å². The van der Waals surface area contributed by atoms with Crippen LogP contribution < -0.4 is 5.32 Å². The highest BCUT2D eigenvalue weighted by molar-refractivity contribution is 4.94. The summed E-state index contributed by atoms with van der Waals surface area (Å²) in [6.07, 6.45) is 0.999. The van der Waals surface area contributed by atoms with Crippen molar-refractivity contribution in [3.05, 3.63) is 12.7 Å². The zero-order valence-corrected chi connectivity index (χ0v) is 7.00. The van der Waals surface area contributed by atoms with Crippen LogP contribution in [0.25, 0.3) is 0 Å². The molecule has 3 nitrogen and oxygen atoms in total. The van der Waals surface area contributed by atoms with E-state index in [2.05, 4.69) is 11.9 Å². The molecule has 3 heteroatoms. The van der Waals surface area contributed by atoms with Gasteiger partial charge < -0.3 is 9.84 Å². The molecule has 0 aliphatic carbocycles. The Morgan fingerprint density at radius 2 is 2.45 bits per heavy atom. The topological polar surface area (TPSA) is 41.5 Å². The first kappa shape index (κ1) is 8.71. The summed E-state index contributed by atoms with van der Waals surface area (Å²) in [4.78, 5) is 0. The standard InChI is InChI=1S/C8H15NO2/c1-4-7(10)6-5-11-8(2,3)9-6/h4,6-7,9-10H,1,5H2,2-3H3/t6-,7+/m0/s1. The van der Waals surface area contributed by atoms with E-state index in [9.17, 15) is 5.11 Å². The molecule has 1 aliphatic heterocycles. The molecule has 1 heterocycles. The molecule has 0 unspecified atom stereocenters. The van der Waals surface area contributed by atoms with Gasteiger partial charge >= 0.3 is 0 Å². The molecule has 11 heavy (non-hydrogen) atoms. The summed E-state index contributed by atoms with van der Waals surface area (Å²) in [5, 5.41) is 12.5. The molecule has 0 aromatic heterocycles. The molecule has 1 aliphatic rings. The molecule has 2 N–H and O–H groups in total. The Hall–Kier alpha value is -0.380. The van der Waals surface area contributed by atoms with Gasteiger partial charge in [0.25, 0.3) is 0 Å². The third-order valence-corrected chi connectivity index (χ3v) is 1.81. The highest BCUT2D eigenvalue weighted by Gasteiger charge is 2.33. The SMILES string of the molecule is C=C[C@@H](O)[C@@H]1COC(C)(C)N1. The summed E-state index contributed by atoms with van der Waals surface area (Å²) in [7, 11) is 0. The molecule has 64 valence electrons. The maximum absolute atomic E-state index is 9.33. The van der Waals surface area contributed by atoms with E-state index in [0.29, 0.717) is 6.61 Å². The monoisotopic (exact) mass is 157 g/mol. The Morgan fingerprint density at radius 1 is 1.82 bits per heavy atom. The van der Waals surface area contributed by atoms with E-state index in [0.717, 1.165) is 0 Å². The molecule has 0 aromatic rings. The van der Waals surface area contributed by atoms with E-state index in [4.69, 9.17) is 4.74 Å². The van der Waals surface area contributed by atoms with Crippen LogP contribution in [-0.4, -0.2) is 29.6 Å². The van der Waals surface area contributed by atoms with Gasteiger partial charge in [0, 0.05) is 0 Å². The van der Waals surface area contributed by atoms with Gasteiger partial charge in [-0.05, 0) is 13.8 Å². The Labute approximate surface area is 67.1 Å². The fourth-order valence-electron chi connectivity index (χ4n) is 1.18. The lowest BCUT2D eigenvalue weighted by Crippen LogP contribution is -2.43. The van der Waals surface area contributed by atoms with Crippen molar-refractivity contribution in [1.82, 2.24) is 5.32 Å². The minimum Gasteiger partial charge on any atom is -0.387 e. The van der Waals surface area contributed by atoms with Crippen molar-refractivity contribution in [3.63, 3.8) is 0 Å². The fraction of sp³-hybridized carbons (Fsp3) is 0.750. The van der Waals surface area contributed by atoms with Gasteiger partial charge in [-0.3, -0.25) is 5.32 Å². The number of aliphatic hydroxyl groups is 1. The highest BCUT2D eigenvalue weighted by atomic mass is 16.5. The number of rotatable bonds is 2. The number of ether oxygens (including phenoxy) is 1. The van der Waals surface area contributed by atoms with Gasteiger partial charge in [0.05, 0.1) is 18.8 Å². The van der Waals surface area contributed by atoms with Gasteiger partial charge in [-0.2, -0.15) is 0 Å². The fourth-order valence-corrected chi connectivity index (χ4v) is 1.18. The molecule has 0 amide bonds. The van der Waals surface area contributed by atoms with Crippen LogP contribution in [0.3, 0.4) is 0 Å². The van der Waals surface area contributed by atoms with Crippen LogP contribution in [0, 0.1) is 0 Å². The smallest absolute Gasteiger partial charge is 0.114 e. The second-order valence-corrected chi connectivity index (χ2v) is 3.30. The number of hydrogen-bond donors (Lipinski definition) is 2. The lowest BCUT2D eigenvalue weighted by Gasteiger charge is -2.19. The molecule has 0 spiro atoms. The zero-order valence-electron chi connectivity index (χ0n) is 7.00. The van der Waals surface area contributed by atoms with Gasteiger partial charge in [-0.25, -0.2) is 0 Å². The number of aliphatic hydroxyl groups excluding tert-OH is 1. The van der Waals surface area contributed by atoms with E-state index in [-0.39, 0.29) is 11.8 Å². The lowest BCUT2D eigenvalue weighted by atomic mass is 10.1. The Balaban J connectivity index is 2.47. The Morgan fingerprint density at radius 3 is 2.82 bits per heavy atom. The summed E-state index contributed by atoms with van der Waals surface area (Å²) in [6.45, 7) is 7.92. The van der Waals surface area contributed by atoms with Crippen molar-refractivity contribution < 1.29 is 9.84 Å². The van der Waals surface area contributed by atoms with Gasteiger partial charge in [-0.1, -0.05) is 6.08 Å². The lowest BCUT2D eigenvalue weighted by molar-refractivity contribution is 0.0228. The van der Waals surface area contributed by atoms with Gasteiger partial charge in [-0.15, -0.1) is 6.58 Å². The molecule has 0 bridgehead atoms. The second-order valence-electron chi connectivity index (χ2n) is 3.30. The predicted octanol–water partition coefficient (Wildman–Crippen LogP) is 0.258. The maximum Gasteiger partial charge on any atom is 0.114 e. The van der Waals surface area contributed by atoms with E-state index in [1.165, 1.54) is 6.08 Å². The van der Waals surface area contributed by atoms with Crippen molar-refractivity contribution in [3.8, 4) is 0 Å². The normalized spacial score (nSPS) is 31.7. The van der Waals surface area contributed by atoms with Crippen LogP contribution >= 0.6 is 0 Å². The molecular formula is C8H15NO2. The highest BCUT2D eigenvalue weighted by Crippen LogP contribution is 2.16. The molecular weight excluding hydrogens is 142 g/mol. The summed E-state index contributed by atoms with van der Waals surface area (Å²) in [5.41, 5.74) is -0.311. The average Bonchev–Trinajstić information content (AvgIpc) is 2.29. The number of nitrogens with one attached hydrogen (secondary N) is 1. The second kappa shape index (κ2) is 2.93. The first-order valence-corrected chi connectivity index (χ1v) is 3.77. The molecule has 2 atom stereocenters. The minimum absolute atomic E-state index is 0.0116.